The SMILES string of the molecule is Cc1ccc([N+](=O)[O-])cc1S(=O)(=O)N1CCC(C(=O)N(C)C(C)CN)CC1.Cl. The Morgan fingerprint density at radius 1 is 1.39 bits per heavy atom. The van der Waals surface area contributed by atoms with Crippen LogP contribution in [0.4, 0.5) is 5.69 Å². The summed E-state index contributed by atoms with van der Waals surface area (Å²) in [6, 6.07) is 3.74. The first-order valence-electron chi connectivity index (χ1n) is 8.81. The fraction of sp³-hybridized carbons (Fsp3) is 0.588. The molecule has 1 aromatic carbocycles. The highest BCUT2D eigenvalue weighted by atomic mass is 35.5. The molecule has 2 N–H and O–H groups in total. The third-order valence-electron chi connectivity index (χ3n) is 5.15. The van der Waals surface area contributed by atoms with Gasteiger partial charge in [-0.2, -0.15) is 4.31 Å². The summed E-state index contributed by atoms with van der Waals surface area (Å²) in [7, 11) is -2.15. The molecule has 0 aromatic heterocycles. The lowest BCUT2D eigenvalue weighted by Crippen LogP contribution is -2.47. The molecular formula is C17H27ClN4O5S. The van der Waals surface area contributed by atoms with E-state index in [1.807, 2.05) is 6.92 Å². The lowest BCUT2D eigenvalue weighted by Gasteiger charge is -2.34. The van der Waals surface area contributed by atoms with Crippen LogP contribution in [0, 0.1) is 23.0 Å². The van der Waals surface area contributed by atoms with E-state index in [0.717, 1.165) is 6.07 Å². The average molecular weight is 435 g/mol. The second-order valence-electron chi connectivity index (χ2n) is 6.92. The van der Waals surface area contributed by atoms with E-state index in [2.05, 4.69) is 0 Å². The van der Waals surface area contributed by atoms with Crippen LogP contribution in [-0.4, -0.2) is 61.2 Å². The topological polar surface area (TPSA) is 127 Å². The van der Waals surface area contributed by atoms with Crippen LogP contribution in [0.15, 0.2) is 23.1 Å². The average Bonchev–Trinajstić information content (AvgIpc) is 2.66. The van der Waals surface area contributed by atoms with Gasteiger partial charge in [-0.15, -0.1) is 12.4 Å². The molecule has 1 saturated heterocycles. The van der Waals surface area contributed by atoms with Crippen molar-refractivity contribution in [1.82, 2.24) is 9.21 Å². The van der Waals surface area contributed by atoms with Gasteiger partial charge in [-0.25, -0.2) is 8.42 Å². The van der Waals surface area contributed by atoms with E-state index in [-0.39, 0.29) is 53.9 Å². The standard InChI is InChI=1S/C17H26N4O5S.ClH/c1-12-4-5-15(21(23)24)10-16(12)27(25,26)20-8-6-14(7-9-20)17(22)19(3)13(2)11-18;/h4-5,10,13-14H,6-9,11,18H2,1-3H3;1H. The molecule has 0 aliphatic carbocycles. The minimum absolute atomic E-state index is 0. The summed E-state index contributed by atoms with van der Waals surface area (Å²) in [5.74, 6) is -0.279. The van der Waals surface area contributed by atoms with Crippen LogP contribution in [0.3, 0.4) is 0 Å². The summed E-state index contributed by atoms with van der Waals surface area (Å²) in [6.45, 7) is 4.23. The van der Waals surface area contributed by atoms with Gasteiger partial charge >= 0.3 is 0 Å². The number of hydrogen-bond acceptors (Lipinski definition) is 6. The quantitative estimate of drug-likeness (QED) is 0.534. The Balaban J connectivity index is 0.00000392. The zero-order valence-electron chi connectivity index (χ0n) is 16.2. The van der Waals surface area contributed by atoms with Crippen molar-refractivity contribution in [1.29, 1.82) is 0 Å². The fourth-order valence-electron chi connectivity index (χ4n) is 3.13. The molecule has 1 aliphatic rings. The van der Waals surface area contributed by atoms with Gasteiger partial charge < -0.3 is 10.6 Å². The van der Waals surface area contributed by atoms with Gasteiger partial charge in [0, 0.05) is 50.8 Å². The number of carbonyl (C=O) groups excluding carboxylic acids is 1. The Bertz CT molecular complexity index is 825. The summed E-state index contributed by atoms with van der Waals surface area (Å²) in [4.78, 5) is 24.4. The molecule has 9 nitrogen and oxygen atoms in total. The number of benzene rings is 1. The van der Waals surface area contributed by atoms with Crippen LogP contribution in [-0.2, 0) is 14.8 Å². The van der Waals surface area contributed by atoms with Gasteiger partial charge in [-0.3, -0.25) is 14.9 Å². The first-order valence-corrected chi connectivity index (χ1v) is 10.3. The Hall–Kier alpha value is -1.75. The second kappa shape index (κ2) is 9.64. The zero-order chi connectivity index (χ0) is 20.4. The number of nitro groups is 1. The van der Waals surface area contributed by atoms with Crippen molar-refractivity contribution in [3.8, 4) is 0 Å². The number of likely N-dealkylation sites (N-methyl/N-ethyl adjacent to an activating group) is 1. The molecule has 2 rings (SSSR count). The molecule has 1 amide bonds. The van der Waals surface area contributed by atoms with Crippen LogP contribution in [0.1, 0.15) is 25.3 Å². The van der Waals surface area contributed by atoms with E-state index < -0.39 is 14.9 Å². The van der Waals surface area contributed by atoms with Crippen molar-refractivity contribution in [2.75, 3.05) is 26.7 Å². The number of nitrogens with two attached hydrogens (primary N) is 1. The number of nitro benzene ring substituents is 1. The van der Waals surface area contributed by atoms with Crippen molar-refractivity contribution in [3.63, 3.8) is 0 Å². The van der Waals surface area contributed by atoms with Crippen LogP contribution >= 0.6 is 12.4 Å². The predicted molar refractivity (Wildman–Crippen MR) is 108 cm³/mol. The van der Waals surface area contributed by atoms with Gasteiger partial charge in [-0.1, -0.05) is 6.07 Å². The molecule has 1 unspecified atom stereocenters. The van der Waals surface area contributed by atoms with E-state index in [9.17, 15) is 23.3 Å². The molecule has 1 heterocycles. The monoisotopic (exact) mass is 434 g/mol. The van der Waals surface area contributed by atoms with Crippen molar-refractivity contribution in [2.45, 2.75) is 37.6 Å². The minimum Gasteiger partial charge on any atom is -0.342 e. The highest BCUT2D eigenvalue weighted by Crippen LogP contribution is 2.29. The van der Waals surface area contributed by atoms with Gasteiger partial charge in [0.1, 0.15) is 0 Å². The van der Waals surface area contributed by atoms with Crippen molar-refractivity contribution in [3.05, 3.63) is 33.9 Å². The number of sulfonamides is 1. The highest BCUT2D eigenvalue weighted by molar-refractivity contribution is 7.89. The maximum absolute atomic E-state index is 12.9. The third kappa shape index (κ3) is 4.99. The lowest BCUT2D eigenvalue weighted by molar-refractivity contribution is -0.385. The largest absolute Gasteiger partial charge is 0.342 e. The fourth-order valence-corrected chi connectivity index (χ4v) is 4.84. The van der Waals surface area contributed by atoms with Gasteiger partial charge in [0.15, 0.2) is 0 Å². The molecule has 28 heavy (non-hydrogen) atoms. The Labute approximate surface area is 171 Å². The Morgan fingerprint density at radius 3 is 2.46 bits per heavy atom. The summed E-state index contributed by atoms with van der Waals surface area (Å²) >= 11 is 0. The molecule has 11 heteroatoms. The number of nitrogens with zero attached hydrogens (tertiary/aromatic N) is 3. The van der Waals surface area contributed by atoms with Gasteiger partial charge in [-0.05, 0) is 32.3 Å². The smallest absolute Gasteiger partial charge is 0.270 e. The van der Waals surface area contributed by atoms with Crippen LogP contribution in [0.5, 0.6) is 0 Å². The normalized spacial score (nSPS) is 16.9. The van der Waals surface area contributed by atoms with E-state index >= 15 is 0 Å². The third-order valence-corrected chi connectivity index (χ3v) is 7.19. The summed E-state index contributed by atoms with van der Waals surface area (Å²) < 4.78 is 27.2. The van der Waals surface area contributed by atoms with Crippen LogP contribution < -0.4 is 5.73 Å². The van der Waals surface area contributed by atoms with E-state index in [4.69, 9.17) is 5.73 Å². The number of carbonyl (C=O) groups is 1. The Kier molecular flexibility index (Phi) is 8.36. The minimum atomic E-state index is -3.86. The molecule has 158 valence electrons. The summed E-state index contributed by atoms with van der Waals surface area (Å²) in [6.07, 6.45) is 0.821. The van der Waals surface area contributed by atoms with E-state index in [1.54, 1.807) is 18.9 Å². The second-order valence-corrected chi connectivity index (χ2v) is 8.83. The van der Waals surface area contributed by atoms with Crippen LogP contribution in [0.25, 0.3) is 0 Å². The molecule has 1 aromatic rings. The van der Waals surface area contributed by atoms with Gasteiger partial charge in [0.25, 0.3) is 5.69 Å². The number of non-ortho nitro benzene ring substituents is 1. The first-order chi connectivity index (χ1) is 12.6. The molecule has 1 atom stereocenters. The molecule has 0 saturated carbocycles. The maximum Gasteiger partial charge on any atom is 0.270 e. The summed E-state index contributed by atoms with van der Waals surface area (Å²) in [5.41, 5.74) is 5.79. The van der Waals surface area contributed by atoms with Gasteiger partial charge in [0.2, 0.25) is 15.9 Å². The molecule has 0 bridgehead atoms. The maximum atomic E-state index is 12.9. The lowest BCUT2D eigenvalue weighted by atomic mass is 9.96. The number of hydrogen-bond donors (Lipinski definition) is 1. The molecule has 1 fully saturated rings. The molecular weight excluding hydrogens is 408 g/mol. The number of piperidine rings is 1. The number of rotatable bonds is 6. The molecule has 0 radical (unpaired) electrons. The summed E-state index contributed by atoms with van der Waals surface area (Å²) in [5, 5.41) is 11.0. The predicted octanol–water partition coefficient (Wildman–Crippen LogP) is 1.53. The van der Waals surface area contributed by atoms with Crippen molar-refractivity contribution >= 4 is 34.0 Å². The number of amides is 1. The van der Waals surface area contributed by atoms with E-state index in [1.165, 1.54) is 16.4 Å². The Morgan fingerprint density at radius 2 is 1.96 bits per heavy atom. The molecule has 1 aliphatic heterocycles. The van der Waals surface area contributed by atoms with E-state index in [0.29, 0.717) is 24.9 Å². The molecule has 0 spiro atoms. The van der Waals surface area contributed by atoms with Crippen molar-refractivity contribution < 1.29 is 18.1 Å². The zero-order valence-corrected chi connectivity index (χ0v) is 17.8. The van der Waals surface area contributed by atoms with Crippen LogP contribution in [0.2, 0.25) is 0 Å². The van der Waals surface area contributed by atoms with Gasteiger partial charge in [0.05, 0.1) is 9.82 Å². The highest BCUT2D eigenvalue weighted by Gasteiger charge is 2.35. The first kappa shape index (κ1) is 24.3. The number of aryl methyl sites for hydroxylation is 1. The van der Waals surface area contributed by atoms with Crippen molar-refractivity contribution in [2.24, 2.45) is 11.7 Å². The number of halogens is 1.